The number of aromatic hydroxyl groups is 1. The first-order valence-electron chi connectivity index (χ1n) is 11.2. The van der Waals surface area contributed by atoms with Crippen LogP contribution in [0.25, 0.3) is 10.8 Å². The number of azo groups is 1. The summed E-state index contributed by atoms with van der Waals surface area (Å²) < 4.78 is 38.7. The minimum atomic E-state index is -4.63. The smallest absolute Gasteiger partial charge is 0.296 e. The van der Waals surface area contributed by atoms with E-state index in [1.54, 1.807) is 49.4 Å². The highest BCUT2D eigenvalue weighted by molar-refractivity contribution is 7.86. The molecule has 0 unspecified atom stereocenters. The zero-order valence-electron chi connectivity index (χ0n) is 20.1. The van der Waals surface area contributed by atoms with E-state index in [2.05, 4.69) is 15.5 Å². The number of amides is 1. The summed E-state index contributed by atoms with van der Waals surface area (Å²) in [7, 11) is -4.63. The lowest BCUT2D eigenvalue weighted by atomic mass is 10.0. The van der Waals surface area contributed by atoms with E-state index < -0.39 is 26.7 Å². The van der Waals surface area contributed by atoms with Crippen molar-refractivity contribution in [1.82, 2.24) is 0 Å². The van der Waals surface area contributed by atoms with Crippen LogP contribution in [-0.2, 0) is 10.1 Å². The molecule has 38 heavy (non-hydrogen) atoms. The molecular formula is C26H21Cl2N3O6S. The number of benzene rings is 4. The van der Waals surface area contributed by atoms with Crippen molar-refractivity contribution in [2.24, 2.45) is 10.2 Å². The highest BCUT2D eigenvalue weighted by atomic mass is 35.5. The minimum Gasteiger partial charge on any atom is -0.505 e. The maximum absolute atomic E-state index is 13.3. The maximum atomic E-state index is 13.3. The number of phenolic OH excluding ortho intramolecular Hbond substituents is 1. The first kappa shape index (κ1) is 27.3. The van der Waals surface area contributed by atoms with Crippen LogP contribution < -0.4 is 10.1 Å². The van der Waals surface area contributed by atoms with E-state index in [-0.39, 0.29) is 33.3 Å². The van der Waals surface area contributed by atoms with E-state index in [0.29, 0.717) is 28.1 Å². The second-order valence-corrected chi connectivity index (χ2v) is 10.2. The fourth-order valence-electron chi connectivity index (χ4n) is 3.86. The van der Waals surface area contributed by atoms with E-state index in [1.165, 1.54) is 25.1 Å². The fraction of sp³-hybridized carbons (Fsp3) is 0.115. The molecule has 4 aromatic rings. The van der Waals surface area contributed by atoms with E-state index in [0.717, 1.165) is 0 Å². The van der Waals surface area contributed by atoms with E-state index >= 15 is 0 Å². The van der Waals surface area contributed by atoms with Crippen molar-refractivity contribution < 1.29 is 27.6 Å². The second-order valence-electron chi connectivity index (χ2n) is 8.04. The van der Waals surface area contributed by atoms with Gasteiger partial charge in [-0.25, -0.2) is 0 Å². The average molecular weight is 574 g/mol. The third-order valence-electron chi connectivity index (χ3n) is 5.59. The van der Waals surface area contributed by atoms with Crippen LogP contribution in [0.3, 0.4) is 0 Å². The predicted molar refractivity (Wildman–Crippen MR) is 146 cm³/mol. The molecule has 0 heterocycles. The van der Waals surface area contributed by atoms with Gasteiger partial charge in [-0.15, -0.1) is 5.11 Å². The van der Waals surface area contributed by atoms with Gasteiger partial charge in [0.25, 0.3) is 16.0 Å². The van der Waals surface area contributed by atoms with Gasteiger partial charge in [0.15, 0.2) is 11.5 Å². The number of para-hydroxylation sites is 1. The monoisotopic (exact) mass is 573 g/mol. The zero-order chi connectivity index (χ0) is 27.6. The van der Waals surface area contributed by atoms with Gasteiger partial charge >= 0.3 is 0 Å². The molecule has 0 aliphatic heterocycles. The highest BCUT2D eigenvalue weighted by Gasteiger charge is 2.22. The lowest BCUT2D eigenvalue weighted by molar-refractivity contribution is 0.102. The number of hydrogen-bond acceptors (Lipinski definition) is 7. The number of nitrogens with one attached hydrogen (secondary N) is 1. The quantitative estimate of drug-likeness (QED) is 0.155. The molecule has 12 heteroatoms. The first-order chi connectivity index (χ1) is 18.0. The predicted octanol–water partition coefficient (Wildman–Crippen LogP) is 7.47. The topological polar surface area (TPSA) is 138 Å². The lowest BCUT2D eigenvalue weighted by Gasteiger charge is -2.14. The number of carbonyl (C=O) groups is 1. The number of phenols is 1. The lowest BCUT2D eigenvalue weighted by Crippen LogP contribution is -2.13. The summed E-state index contributed by atoms with van der Waals surface area (Å²) in [6, 6.07) is 16.0. The Hall–Kier alpha value is -3.70. The van der Waals surface area contributed by atoms with E-state index in [1.807, 2.05) is 0 Å². The molecule has 0 bridgehead atoms. The molecule has 4 aromatic carbocycles. The van der Waals surface area contributed by atoms with E-state index in [4.69, 9.17) is 27.9 Å². The Kier molecular flexibility index (Phi) is 7.89. The Bertz CT molecular complexity index is 1710. The molecule has 0 radical (unpaired) electrons. The highest BCUT2D eigenvalue weighted by Crippen LogP contribution is 2.41. The van der Waals surface area contributed by atoms with Gasteiger partial charge in [-0.05, 0) is 55.1 Å². The molecule has 4 rings (SSSR count). The Morgan fingerprint density at radius 2 is 1.76 bits per heavy atom. The van der Waals surface area contributed by atoms with Crippen molar-refractivity contribution in [3.63, 3.8) is 0 Å². The minimum absolute atomic E-state index is 0.0212. The Morgan fingerprint density at radius 3 is 2.47 bits per heavy atom. The largest absolute Gasteiger partial charge is 0.505 e. The zero-order valence-corrected chi connectivity index (χ0v) is 22.4. The molecule has 3 N–H and O–H groups in total. The molecule has 1 amide bonds. The Morgan fingerprint density at radius 1 is 1.03 bits per heavy atom. The van der Waals surface area contributed by atoms with Crippen LogP contribution in [-0.4, -0.2) is 30.6 Å². The average Bonchev–Trinajstić information content (AvgIpc) is 2.85. The van der Waals surface area contributed by atoms with Crippen LogP contribution >= 0.6 is 23.2 Å². The molecule has 0 spiro atoms. The SMILES string of the molecule is CCOc1c(Cl)cccc1NC(=O)c1cc2ccccc2c(N=Nc2ccc(Cl)c(S(=O)(=O)O)c2C)c1O. The number of ether oxygens (including phenoxy) is 1. The summed E-state index contributed by atoms with van der Waals surface area (Å²) in [5.41, 5.74) is 0.347. The third kappa shape index (κ3) is 5.44. The van der Waals surface area contributed by atoms with Gasteiger partial charge in [0.1, 0.15) is 10.6 Å². The number of carbonyl (C=O) groups excluding carboxylic acids is 1. The molecular weight excluding hydrogens is 553 g/mol. The molecule has 196 valence electrons. The van der Waals surface area contributed by atoms with Crippen LogP contribution in [0.15, 0.2) is 75.8 Å². The molecule has 0 saturated heterocycles. The van der Waals surface area contributed by atoms with E-state index in [9.17, 15) is 22.9 Å². The van der Waals surface area contributed by atoms with Crippen molar-refractivity contribution in [2.75, 3.05) is 11.9 Å². The normalized spacial score (nSPS) is 11.7. The molecule has 0 aliphatic rings. The summed E-state index contributed by atoms with van der Waals surface area (Å²) in [5.74, 6) is -0.811. The van der Waals surface area contributed by atoms with Crippen LogP contribution in [0.5, 0.6) is 11.5 Å². The number of rotatable bonds is 7. The molecule has 0 atom stereocenters. The van der Waals surface area contributed by atoms with Gasteiger partial charge in [0.05, 0.1) is 33.6 Å². The van der Waals surface area contributed by atoms with Gasteiger partial charge in [0, 0.05) is 5.39 Å². The standard InChI is InChI=1S/C26H21Cl2N3O6S/c1-3-37-24-18(27)9-6-10-21(24)29-26(33)17-13-15-7-4-5-8-16(15)22(23(17)32)31-30-20-12-11-19(28)25(14(20)2)38(34,35)36/h4-13,32H,3H2,1-2H3,(H,29,33)(H,34,35,36). The van der Waals surface area contributed by atoms with Crippen molar-refractivity contribution in [2.45, 2.75) is 18.7 Å². The number of hydrogen-bond donors (Lipinski definition) is 3. The number of anilines is 1. The third-order valence-corrected chi connectivity index (χ3v) is 7.36. The van der Waals surface area contributed by atoms with Gasteiger partial charge in [-0.3, -0.25) is 9.35 Å². The van der Waals surface area contributed by atoms with Crippen molar-refractivity contribution in [1.29, 1.82) is 0 Å². The summed E-state index contributed by atoms with van der Waals surface area (Å²) in [5, 5.41) is 23.3. The van der Waals surface area contributed by atoms with Crippen LogP contribution in [0.2, 0.25) is 10.0 Å². The van der Waals surface area contributed by atoms with Gasteiger partial charge in [0.2, 0.25) is 0 Å². The van der Waals surface area contributed by atoms with Crippen LogP contribution in [0.4, 0.5) is 17.1 Å². The van der Waals surface area contributed by atoms with Crippen LogP contribution in [0.1, 0.15) is 22.8 Å². The molecule has 0 saturated carbocycles. The first-order valence-corrected chi connectivity index (χ1v) is 13.4. The van der Waals surface area contributed by atoms with Gasteiger partial charge in [-0.1, -0.05) is 53.5 Å². The number of halogens is 2. The van der Waals surface area contributed by atoms with Gasteiger partial charge < -0.3 is 15.2 Å². The second kappa shape index (κ2) is 11.0. The summed E-state index contributed by atoms with van der Waals surface area (Å²) in [4.78, 5) is 12.8. The Balaban J connectivity index is 1.81. The molecule has 0 fully saturated rings. The number of nitrogens with zero attached hydrogens (tertiary/aromatic N) is 2. The van der Waals surface area contributed by atoms with Gasteiger partial charge in [-0.2, -0.15) is 13.5 Å². The van der Waals surface area contributed by atoms with Crippen molar-refractivity contribution >= 4 is 67.1 Å². The van der Waals surface area contributed by atoms with Crippen molar-refractivity contribution in [3.05, 3.63) is 81.8 Å². The van der Waals surface area contributed by atoms with Crippen LogP contribution in [0, 0.1) is 6.92 Å². The molecule has 0 aromatic heterocycles. The van der Waals surface area contributed by atoms with Crippen molar-refractivity contribution in [3.8, 4) is 11.5 Å². The molecule has 9 nitrogen and oxygen atoms in total. The molecule has 0 aliphatic carbocycles. The number of fused-ring (bicyclic) bond motifs is 1. The fourth-order valence-corrected chi connectivity index (χ4v) is 5.39. The summed E-state index contributed by atoms with van der Waals surface area (Å²) in [6.45, 7) is 3.51. The summed E-state index contributed by atoms with van der Waals surface area (Å²) >= 11 is 12.2. The Labute approximate surface area is 228 Å². The summed E-state index contributed by atoms with van der Waals surface area (Å²) in [6.07, 6.45) is 0. The maximum Gasteiger partial charge on any atom is 0.296 e.